The van der Waals surface area contributed by atoms with Crippen molar-refractivity contribution in [1.82, 2.24) is 0 Å². The van der Waals surface area contributed by atoms with E-state index in [1.807, 2.05) is 6.08 Å². The summed E-state index contributed by atoms with van der Waals surface area (Å²) in [5.74, 6) is 0.398. The molecule has 0 amide bonds. The number of allylic oxidation sites excluding steroid dienone is 1. The highest BCUT2D eigenvalue weighted by molar-refractivity contribution is 7.80. The van der Waals surface area contributed by atoms with E-state index in [1.54, 1.807) is 6.08 Å². The Morgan fingerprint density at radius 1 is 1.75 bits per heavy atom. The smallest absolute Gasteiger partial charge is 0.161 e. The summed E-state index contributed by atoms with van der Waals surface area (Å²) in [7, 11) is 0. The number of nitrogens with zero attached hydrogens (tertiary/aromatic N) is 1. The SMILES string of the molecule is CC(C)C1=NCC(S(=O)O)C=C1. The van der Waals surface area contributed by atoms with E-state index in [4.69, 9.17) is 4.55 Å². The minimum Gasteiger partial charge on any atom is -0.306 e. The quantitative estimate of drug-likeness (QED) is 0.661. The van der Waals surface area contributed by atoms with Gasteiger partial charge in [0.25, 0.3) is 0 Å². The van der Waals surface area contributed by atoms with E-state index >= 15 is 0 Å². The van der Waals surface area contributed by atoms with Crippen LogP contribution in [0.3, 0.4) is 0 Å². The Labute approximate surface area is 74.9 Å². The van der Waals surface area contributed by atoms with Crippen LogP contribution in [0.2, 0.25) is 0 Å². The van der Waals surface area contributed by atoms with Crippen LogP contribution < -0.4 is 0 Å². The van der Waals surface area contributed by atoms with E-state index in [1.165, 1.54) is 0 Å². The molecule has 2 atom stereocenters. The van der Waals surface area contributed by atoms with E-state index < -0.39 is 11.1 Å². The molecule has 0 fully saturated rings. The summed E-state index contributed by atoms with van der Waals surface area (Å²) in [6, 6.07) is 0. The monoisotopic (exact) mass is 187 g/mol. The first kappa shape index (κ1) is 9.61. The van der Waals surface area contributed by atoms with Gasteiger partial charge in [-0.2, -0.15) is 0 Å². The van der Waals surface area contributed by atoms with Gasteiger partial charge < -0.3 is 4.55 Å². The molecule has 2 unspecified atom stereocenters. The van der Waals surface area contributed by atoms with E-state index in [2.05, 4.69) is 18.8 Å². The third kappa shape index (κ3) is 2.25. The lowest BCUT2D eigenvalue weighted by Gasteiger charge is -2.13. The van der Waals surface area contributed by atoms with E-state index in [0.717, 1.165) is 5.71 Å². The van der Waals surface area contributed by atoms with Crippen molar-refractivity contribution in [2.75, 3.05) is 6.54 Å². The largest absolute Gasteiger partial charge is 0.306 e. The van der Waals surface area contributed by atoms with Gasteiger partial charge in [-0.1, -0.05) is 19.9 Å². The van der Waals surface area contributed by atoms with Gasteiger partial charge in [-0.15, -0.1) is 0 Å². The maximum Gasteiger partial charge on any atom is 0.161 e. The molecular weight excluding hydrogens is 174 g/mol. The van der Waals surface area contributed by atoms with Gasteiger partial charge >= 0.3 is 0 Å². The fourth-order valence-electron chi connectivity index (χ4n) is 1.02. The Morgan fingerprint density at radius 2 is 2.42 bits per heavy atom. The maximum absolute atomic E-state index is 10.6. The summed E-state index contributed by atoms with van der Waals surface area (Å²) in [5, 5.41) is -0.313. The molecule has 0 spiro atoms. The Morgan fingerprint density at radius 3 is 2.75 bits per heavy atom. The third-order valence-corrected chi connectivity index (χ3v) is 2.61. The first-order valence-corrected chi connectivity index (χ1v) is 5.10. The summed E-state index contributed by atoms with van der Waals surface area (Å²) < 4.78 is 19.4. The predicted octanol–water partition coefficient (Wildman–Crippen LogP) is 1.24. The second-order valence-electron chi connectivity index (χ2n) is 3.09. The van der Waals surface area contributed by atoms with Crippen LogP contribution in [0.5, 0.6) is 0 Å². The lowest BCUT2D eigenvalue weighted by atomic mass is 10.1. The third-order valence-electron chi connectivity index (χ3n) is 1.79. The number of hydrogen-bond acceptors (Lipinski definition) is 2. The van der Waals surface area contributed by atoms with Crippen molar-refractivity contribution in [1.29, 1.82) is 0 Å². The summed E-state index contributed by atoms with van der Waals surface area (Å²) in [6.45, 7) is 4.55. The molecule has 0 aromatic carbocycles. The van der Waals surface area contributed by atoms with Gasteiger partial charge in [0.2, 0.25) is 0 Å². The lowest BCUT2D eigenvalue weighted by molar-refractivity contribution is 0.556. The van der Waals surface area contributed by atoms with Crippen LogP contribution in [0.4, 0.5) is 0 Å². The highest BCUT2D eigenvalue weighted by Crippen LogP contribution is 2.08. The highest BCUT2D eigenvalue weighted by Gasteiger charge is 2.15. The van der Waals surface area contributed by atoms with Crippen molar-refractivity contribution in [2.45, 2.75) is 19.1 Å². The first-order valence-electron chi connectivity index (χ1n) is 3.93. The summed E-state index contributed by atoms with van der Waals surface area (Å²) in [6.07, 6.45) is 3.60. The van der Waals surface area contributed by atoms with Gasteiger partial charge in [0, 0.05) is 5.71 Å². The van der Waals surface area contributed by atoms with Crippen LogP contribution >= 0.6 is 0 Å². The Hall–Kier alpha value is -0.480. The van der Waals surface area contributed by atoms with E-state index in [0.29, 0.717) is 12.5 Å². The average molecular weight is 187 g/mol. The predicted molar refractivity (Wildman–Crippen MR) is 50.8 cm³/mol. The number of hydrogen-bond donors (Lipinski definition) is 1. The highest BCUT2D eigenvalue weighted by atomic mass is 32.2. The topological polar surface area (TPSA) is 49.7 Å². The minimum atomic E-state index is -1.77. The molecule has 0 aliphatic carbocycles. The Bertz CT molecular complexity index is 245. The maximum atomic E-state index is 10.6. The molecule has 0 aromatic rings. The molecule has 0 saturated carbocycles. The molecule has 1 heterocycles. The molecule has 4 heteroatoms. The summed E-state index contributed by atoms with van der Waals surface area (Å²) in [5.41, 5.74) is 1.01. The zero-order chi connectivity index (χ0) is 9.14. The van der Waals surface area contributed by atoms with Gasteiger partial charge in [-0.25, -0.2) is 4.21 Å². The van der Waals surface area contributed by atoms with Crippen molar-refractivity contribution in [3.63, 3.8) is 0 Å². The molecule has 1 aliphatic heterocycles. The minimum absolute atomic E-state index is 0.313. The molecule has 12 heavy (non-hydrogen) atoms. The van der Waals surface area contributed by atoms with Crippen molar-refractivity contribution in [3.05, 3.63) is 12.2 Å². The molecule has 0 bridgehead atoms. The standard InChI is InChI=1S/C8H13NO2S/c1-6(2)8-4-3-7(5-9-8)12(10)11/h3-4,6-7H,5H2,1-2H3,(H,10,11). The fraction of sp³-hybridized carbons (Fsp3) is 0.625. The number of aliphatic imine (C=N–C) groups is 1. The second kappa shape index (κ2) is 3.96. The van der Waals surface area contributed by atoms with Gasteiger partial charge in [-0.05, 0) is 12.0 Å². The molecular formula is C8H13NO2S. The Balaban J connectivity index is 2.61. The van der Waals surface area contributed by atoms with Crippen molar-refractivity contribution >= 4 is 16.8 Å². The summed E-state index contributed by atoms with van der Waals surface area (Å²) in [4.78, 5) is 4.21. The molecule has 1 rings (SSSR count). The van der Waals surface area contributed by atoms with Crippen LogP contribution in [0.25, 0.3) is 0 Å². The first-order chi connectivity index (χ1) is 5.61. The number of rotatable bonds is 2. The second-order valence-corrected chi connectivity index (χ2v) is 4.25. The number of dihydropyridines is 1. The van der Waals surface area contributed by atoms with E-state index in [9.17, 15) is 4.21 Å². The van der Waals surface area contributed by atoms with Crippen LogP contribution in [0, 0.1) is 5.92 Å². The van der Waals surface area contributed by atoms with Crippen LogP contribution in [-0.2, 0) is 11.1 Å². The van der Waals surface area contributed by atoms with Crippen LogP contribution in [-0.4, -0.2) is 26.3 Å². The molecule has 0 aromatic heterocycles. The van der Waals surface area contributed by atoms with Crippen molar-refractivity contribution in [3.8, 4) is 0 Å². The fourth-order valence-corrected chi connectivity index (χ4v) is 1.44. The van der Waals surface area contributed by atoms with Crippen molar-refractivity contribution in [2.24, 2.45) is 10.9 Å². The zero-order valence-electron chi connectivity index (χ0n) is 7.23. The Kier molecular flexibility index (Phi) is 3.17. The van der Waals surface area contributed by atoms with Crippen LogP contribution in [0.1, 0.15) is 13.8 Å². The molecule has 68 valence electrons. The summed E-state index contributed by atoms with van der Waals surface area (Å²) >= 11 is -1.77. The lowest BCUT2D eigenvalue weighted by Crippen LogP contribution is -2.21. The molecule has 3 nitrogen and oxygen atoms in total. The zero-order valence-corrected chi connectivity index (χ0v) is 8.04. The molecule has 0 saturated heterocycles. The van der Waals surface area contributed by atoms with Crippen LogP contribution in [0.15, 0.2) is 17.1 Å². The van der Waals surface area contributed by atoms with Gasteiger partial charge in [0.15, 0.2) is 11.1 Å². The average Bonchev–Trinajstić information content (AvgIpc) is 2.04. The normalized spacial score (nSPS) is 25.7. The van der Waals surface area contributed by atoms with Gasteiger partial charge in [0.1, 0.15) is 0 Å². The van der Waals surface area contributed by atoms with Crippen molar-refractivity contribution < 1.29 is 8.76 Å². The molecule has 1 N–H and O–H groups in total. The van der Waals surface area contributed by atoms with E-state index in [-0.39, 0.29) is 5.25 Å². The van der Waals surface area contributed by atoms with Gasteiger partial charge in [-0.3, -0.25) is 4.99 Å². The molecule has 1 aliphatic rings. The van der Waals surface area contributed by atoms with Gasteiger partial charge in [0.05, 0.1) is 11.8 Å². The molecule has 0 radical (unpaired) electrons.